The van der Waals surface area contributed by atoms with Crippen LogP contribution in [0.1, 0.15) is 10.4 Å². The van der Waals surface area contributed by atoms with Gasteiger partial charge < -0.3 is 10.4 Å². The number of carbonyl (C=O) groups excluding carboxylic acids is 1. The van der Waals surface area contributed by atoms with Crippen molar-refractivity contribution in [3.63, 3.8) is 0 Å². The van der Waals surface area contributed by atoms with Gasteiger partial charge in [0.25, 0.3) is 5.91 Å². The molecule has 0 saturated carbocycles. The van der Waals surface area contributed by atoms with Gasteiger partial charge in [-0.1, -0.05) is 6.07 Å². The SMILES string of the molecule is O=C(O)Nc1cccc(C(=O)Nc2cncc(Br)c2)c1. The van der Waals surface area contributed by atoms with E-state index in [0.717, 1.165) is 4.47 Å². The van der Waals surface area contributed by atoms with E-state index >= 15 is 0 Å². The van der Waals surface area contributed by atoms with Crippen LogP contribution in [0.2, 0.25) is 0 Å². The zero-order valence-corrected chi connectivity index (χ0v) is 11.7. The maximum Gasteiger partial charge on any atom is 0.409 e. The van der Waals surface area contributed by atoms with Gasteiger partial charge in [-0.15, -0.1) is 0 Å². The summed E-state index contributed by atoms with van der Waals surface area (Å²) in [7, 11) is 0. The zero-order valence-electron chi connectivity index (χ0n) is 10.1. The van der Waals surface area contributed by atoms with Crippen molar-refractivity contribution >= 4 is 39.3 Å². The van der Waals surface area contributed by atoms with E-state index in [-0.39, 0.29) is 5.91 Å². The van der Waals surface area contributed by atoms with Gasteiger partial charge >= 0.3 is 6.09 Å². The van der Waals surface area contributed by atoms with Crippen molar-refractivity contribution in [1.82, 2.24) is 4.98 Å². The van der Waals surface area contributed by atoms with Gasteiger partial charge in [-0.25, -0.2) is 4.79 Å². The number of benzene rings is 1. The van der Waals surface area contributed by atoms with Crippen molar-refractivity contribution in [2.45, 2.75) is 0 Å². The quantitative estimate of drug-likeness (QED) is 0.803. The number of carboxylic acid groups (broad SMARTS) is 1. The second-order valence-corrected chi connectivity index (χ2v) is 4.77. The standard InChI is InChI=1S/C13H10BrN3O3/c14-9-5-11(7-15-6-9)16-12(18)8-2-1-3-10(4-8)17-13(19)20/h1-7,17H,(H,16,18)(H,19,20). The molecule has 0 aliphatic rings. The summed E-state index contributed by atoms with van der Waals surface area (Å²) >= 11 is 3.26. The second-order valence-electron chi connectivity index (χ2n) is 3.86. The van der Waals surface area contributed by atoms with Gasteiger partial charge in [-0.3, -0.25) is 15.1 Å². The molecule has 102 valence electrons. The molecular formula is C13H10BrN3O3. The molecule has 0 bridgehead atoms. The van der Waals surface area contributed by atoms with Gasteiger partial charge in [-0.2, -0.15) is 0 Å². The molecular weight excluding hydrogens is 326 g/mol. The van der Waals surface area contributed by atoms with E-state index in [4.69, 9.17) is 5.11 Å². The van der Waals surface area contributed by atoms with E-state index < -0.39 is 6.09 Å². The van der Waals surface area contributed by atoms with Crippen LogP contribution in [0.4, 0.5) is 16.2 Å². The third-order valence-electron chi connectivity index (χ3n) is 2.34. The van der Waals surface area contributed by atoms with E-state index in [1.165, 1.54) is 12.3 Å². The normalized spacial score (nSPS) is 9.85. The molecule has 7 heteroatoms. The van der Waals surface area contributed by atoms with Gasteiger partial charge in [0.15, 0.2) is 0 Å². The summed E-state index contributed by atoms with van der Waals surface area (Å²) in [6.07, 6.45) is 1.94. The highest BCUT2D eigenvalue weighted by molar-refractivity contribution is 9.10. The third kappa shape index (κ3) is 3.79. The van der Waals surface area contributed by atoms with Gasteiger partial charge in [0.1, 0.15) is 0 Å². The molecule has 0 spiro atoms. The Kier molecular flexibility index (Phi) is 4.31. The van der Waals surface area contributed by atoms with Crippen LogP contribution < -0.4 is 10.6 Å². The van der Waals surface area contributed by atoms with Crippen molar-refractivity contribution in [3.8, 4) is 0 Å². The second kappa shape index (κ2) is 6.16. The molecule has 2 amide bonds. The van der Waals surface area contributed by atoms with Crippen LogP contribution in [0.5, 0.6) is 0 Å². The molecule has 6 nitrogen and oxygen atoms in total. The lowest BCUT2D eigenvalue weighted by molar-refractivity contribution is 0.102. The Morgan fingerprint density at radius 2 is 1.90 bits per heavy atom. The number of amides is 2. The molecule has 0 aliphatic heterocycles. The lowest BCUT2D eigenvalue weighted by Crippen LogP contribution is -2.13. The number of hydrogen-bond acceptors (Lipinski definition) is 3. The van der Waals surface area contributed by atoms with E-state index in [1.807, 2.05) is 0 Å². The molecule has 20 heavy (non-hydrogen) atoms. The van der Waals surface area contributed by atoms with Crippen LogP contribution in [0.3, 0.4) is 0 Å². The maximum absolute atomic E-state index is 12.0. The Labute approximate surface area is 123 Å². The Morgan fingerprint density at radius 3 is 2.60 bits per heavy atom. The number of anilines is 2. The highest BCUT2D eigenvalue weighted by Crippen LogP contribution is 2.16. The molecule has 0 radical (unpaired) electrons. The molecule has 2 aromatic rings. The number of aromatic nitrogens is 1. The molecule has 0 aliphatic carbocycles. The summed E-state index contributed by atoms with van der Waals surface area (Å²) in [5.74, 6) is -0.348. The molecule has 0 unspecified atom stereocenters. The number of halogens is 1. The van der Waals surface area contributed by atoms with Crippen molar-refractivity contribution < 1.29 is 14.7 Å². The van der Waals surface area contributed by atoms with E-state index in [0.29, 0.717) is 16.9 Å². The fourth-order valence-electron chi connectivity index (χ4n) is 1.55. The van der Waals surface area contributed by atoms with E-state index in [2.05, 4.69) is 31.5 Å². The first kappa shape index (κ1) is 14.0. The first-order chi connectivity index (χ1) is 9.54. The van der Waals surface area contributed by atoms with E-state index in [1.54, 1.807) is 30.5 Å². The average Bonchev–Trinajstić information content (AvgIpc) is 2.38. The van der Waals surface area contributed by atoms with Crippen LogP contribution in [0.25, 0.3) is 0 Å². The van der Waals surface area contributed by atoms with Crippen molar-refractivity contribution in [2.75, 3.05) is 10.6 Å². The number of nitrogens with zero attached hydrogens (tertiary/aromatic N) is 1. The first-order valence-electron chi connectivity index (χ1n) is 5.56. The van der Waals surface area contributed by atoms with Gasteiger partial charge in [0.2, 0.25) is 0 Å². The Bertz CT molecular complexity index is 661. The Balaban J connectivity index is 2.15. The molecule has 1 heterocycles. The number of rotatable bonds is 3. The molecule has 3 N–H and O–H groups in total. The van der Waals surface area contributed by atoms with Crippen molar-refractivity contribution in [3.05, 3.63) is 52.8 Å². The lowest BCUT2D eigenvalue weighted by Gasteiger charge is -2.07. The Hall–Kier alpha value is -2.41. The third-order valence-corrected chi connectivity index (χ3v) is 2.77. The molecule has 0 atom stereocenters. The maximum atomic E-state index is 12.0. The van der Waals surface area contributed by atoms with Crippen LogP contribution in [0.15, 0.2) is 47.2 Å². The topological polar surface area (TPSA) is 91.3 Å². The van der Waals surface area contributed by atoms with Gasteiger partial charge in [0, 0.05) is 21.9 Å². The Morgan fingerprint density at radius 1 is 1.10 bits per heavy atom. The van der Waals surface area contributed by atoms with Crippen LogP contribution in [0, 0.1) is 0 Å². The van der Waals surface area contributed by atoms with Crippen molar-refractivity contribution in [2.24, 2.45) is 0 Å². The molecule has 1 aromatic carbocycles. The fraction of sp³-hybridized carbons (Fsp3) is 0. The number of hydrogen-bond donors (Lipinski definition) is 3. The average molecular weight is 336 g/mol. The largest absolute Gasteiger partial charge is 0.465 e. The smallest absolute Gasteiger partial charge is 0.409 e. The number of carbonyl (C=O) groups is 2. The summed E-state index contributed by atoms with van der Waals surface area (Å²) in [6.45, 7) is 0. The van der Waals surface area contributed by atoms with Crippen LogP contribution in [-0.2, 0) is 0 Å². The lowest BCUT2D eigenvalue weighted by atomic mass is 10.2. The van der Waals surface area contributed by atoms with E-state index in [9.17, 15) is 9.59 Å². The van der Waals surface area contributed by atoms with Gasteiger partial charge in [-0.05, 0) is 40.2 Å². The molecule has 0 fully saturated rings. The minimum absolute atomic E-state index is 0.331. The monoisotopic (exact) mass is 335 g/mol. The summed E-state index contributed by atoms with van der Waals surface area (Å²) in [5.41, 5.74) is 1.22. The summed E-state index contributed by atoms with van der Waals surface area (Å²) < 4.78 is 0.747. The first-order valence-corrected chi connectivity index (χ1v) is 6.36. The summed E-state index contributed by atoms with van der Waals surface area (Å²) in [4.78, 5) is 26.5. The predicted molar refractivity (Wildman–Crippen MR) is 78.0 cm³/mol. The van der Waals surface area contributed by atoms with Crippen molar-refractivity contribution in [1.29, 1.82) is 0 Å². The van der Waals surface area contributed by atoms with Gasteiger partial charge in [0.05, 0.1) is 11.9 Å². The minimum Gasteiger partial charge on any atom is -0.465 e. The molecule has 2 rings (SSSR count). The number of nitrogens with one attached hydrogen (secondary N) is 2. The van der Waals surface area contributed by atoms with Crippen LogP contribution >= 0.6 is 15.9 Å². The minimum atomic E-state index is -1.18. The summed E-state index contributed by atoms with van der Waals surface area (Å²) in [6, 6.07) is 7.91. The molecule has 0 saturated heterocycles. The zero-order chi connectivity index (χ0) is 14.5. The number of pyridine rings is 1. The highest BCUT2D eigenvalue weighted by atomic mass is 79.9. The predicted octanol–water partition coefficient (Wildman–Crippen LogP) is 3.19. The van der Waals surface area contributed by atoms with Crippen LogP contribution in [-0.4, -0.2) is 22.1 Å². The fourth-order valence-corrected chi connectivity index (χ4v) is 1.91. The summed E-state index contributed by atoms with van der Waals surface area (Å²) in [5, 5.41) is 13.5. The molecule has 1 aromatic heterocycles. The highest BCUT2D eigenvalue weighted by Gasteiger charge is 2.08.